The van der Waals surface area contributed by atoms with Crippen LogP contribution in [0.4, 0.5) is 0 Å². The molecule has 0 bridgehead atoms. The molecule has 0 radical (unpaired) electrons. The van der Waals surface area contributed by atoms with Crippen LogP contribution in [0.2, 0.25) is 0 Å². The van der Waals surface area contributed by atoms with Crippen LogP contribution >= 0.6 is 0 Å². The Hall–Kier alpha value is -1.33. The van der Waals surface area contributed by atoms with Gasteiger partial charge in [-0.25, -0.2) is 0 Å². The molecule has 0 spiro atoms. The minimum Gasteiger partial charge on any atom is -0.535 e. The zero-order valence-corrected chi connectivity index (χ0v) is 9.79. The van der Waals surface area contributed by atoms with E-state index in [9.17, 15) is 0 Å². The Morgan fingerprint density at radius 3 is 0.667 bits per heavy atom. The first-order valence-electron chi connectivity index (χ1n) is 2.65. The van der Waals surface area contributed by atoms with Crippen LogP contribution in [0.15, 0.2) is 0 Å². The molecule has 0 aromatic carbocycles. The number of hydrogen-bond donors (Lipinski definition) is 0. The van der Waals surface area contributed by atoms with Crippen LogP contribution in [0.5, 0.6) is 0 Å². The normalized spacial score (nSPS) is 4.50. The molecule has 0 aromatic heterocycles. The van der Waals surface area contributed by atoms with Crippen LogP contribution in [-0.2, 0) is 14.4 Å². The second-order valence-electron chi connectivity index (χ2n) is 1.20. The topological polar surface area (TPSA) is 192 Å². The Balaban J connectivity index is -0.0000000277. The summed E-state index contributed by atoms with van der Waals surface area (Å²) in [6.45, 7) is 0. The van der Waals surface area contributed by atoms with E-state index in [1.54, 1.807) is 0 Å². The molecule has 0 aliphatic heterocycles. The maximum Gasteiger partial charge on any atom is 1.00 e. The molecular weight excluding hydrogens is 231 g/mol. The van der Waals surface area contributed by atoms with Crippen LogP contribution in [-0.4, -0.2) is 17.9 Å². The molecule has 12 heteroatoms. The van der Waals surface area contributed by atoms with E-state index in [2.05, 4.69) is 0 Å². The summed E-state index contributed by atoms with van der Waals surface area (Å²) >= 11 is 0. The number of rotatable bonds is 0. The molecular formula is C6Li3N3O6. The molecule has 0 unspecified atom stereocenters. The van der Waals surface area contributed by atoms with Gasteiger partial charge in [0.2, 0.25) is 0 Å². The third-order valence-electron chi connectivity index (χ3n) is 0.274. The predicted molar refractivity (Wildman–Crippen MR) is 31.9 cm³/mol. The zero-order chi connectivity index (χ0) is 12.9. The summed E-state index contributed by atoms with van der Waals surface area (Å²) in [5.74, 6) is -5.07. The number of carboxylic acid groups (broad SMARTS) is 3. The van der Waals surface area contributed by atoms with Crippen molar-refractivity contribution < 1.29 is 86.3 Å². The summed E-state index contributed by atoms with van der Waals surface area (Å²) in [5.41, 5.74) is 0. The first-order valence-corrected chi connectivity index (χ1v) is 2.65. The van der Waals surface area contributed by atoms with Crippen LogP contribution < -0.4 is 71.9 Å². The van der Waals surface area contributed by atoms with E-state index < -0.39 is 17.9 Å². The monoisotopic (exact) mass is 231 g/mol. The Morgan fingerprint density at radius 2 is 0.667 bits per heavy atom. The maximum absolute atomic E-state index is 8.90. The van der Waals surface area contributed by atoms with Crippen molar-refractivity contribution in [1.29, 1.82) is 15.8 Å². The van der Waals surface area contributed by atoms with Crippen molar-refractivity contribution >= 4 is 17.9 Å². The summed E-state index contributed by atoms with van der Waals surface area (Å²) in [6.07, 6.45) is 0. The third kappa shape index (κ3) is 126. The van der Waals surface area contributed by atoms with Gasteiger partial charge in [-0.3, -0.25) is 0 Å². The minimum atomic E-state index is -1.69. The van der Waals surface area contributed by atoms with Gasteiger partial charge in [0, 0.05) is 0 Å². The molecule has 9 nitrogen and oxygen atoms in total. The Labute approximate surface area is 138 Å². The molecule has 0 rings (SSSR count). The molecule has 0 heterocycles. The van der Waals surface area contributed by atoms with Crippen LogP contribution in [0, 0.1) is 34.0 Å². The molecule has 78 valence electrons. The van der Waals surface area contributed by atoms with Gasteiger partial charge in [-0.15, -0.1) is 0 Å². The Bertz CT molecular complexity index is 309. The molecule has 0 amide bonds. The van der Waals surface area contributed by atoms with Gasteiger partial charge in [0.1, 0.15) is 36.1 Å². The molecule has 0 aliphatic rings. The van der Waals surface area contributed by atoms with Crippen molar-refractivity contribution in [3.8, 4) is 18.2 Å². The number of aliphatic carboxylic acids is 3. The Kier molecular flexibility index (Phi) is 59.2. The average Bonchev–Trinajstić information content (AvgIpc) is 2.19. The SMILES string of the molecule is N#CC(=O)[O-].N#CC(=O)[O-].N#CC(=O)[O-].[Li+].[Li+].[Li+]. The van der Waals surface area contributed by atoms with Gasteiger partial charge in [0.05, 0.1) is 0 Å². The fraction of sp³-hybridized carbons (Fsp3) is 0. The number of carbonyl (C=O) groups excluding carboxylic acids is 3. The average molecular weight is 231 g/mol. The molecule has 0 aliphatic carbocycles. The first-order chi connectivity index (χ1) is 6.81. The largest absolute Gasteiger partial charge is 1.00 e. The number of carbonyl (C=O) groups is 3. The van der Waals surface area contributed by atoms with Gasteiger partial charge in [-0.1, -0.05) is 0 Å². The van der Waals surface area contributed by atoms with Gasteiger partial charge in [0.15, 0.2) is 0 Å². The van der Waals surface area contributed by atoms with Crippen molar-refractivity contribution in [3.05, 3.63) is 0 Å². The van der Waals surface area contributed by atoms with Crippen LogP contribution in [0.1, 0.15) is 0 Å². The number of hydrogen-bond acceptors (Lipinski definition) is 9. The standard InChI is InChI=1S/3C2HNO2.3Li/c3*3-1-2(4)5;;;/h3*(H,4,5);;;/q;;;3*+1/p-3. The molecule has 0 saturated heterocycles. The smallest absolute Gasteiger partial charge is 0.535 e. The van der Waals surface area contributed by atoms with E-state index in [1.165, 1.54) is 0 Å². The van der Waals surface area contributed by atoms with E-state index in [0.717, 1.165) is 18.2 Å². The van der Waals surface area contributed by atoms with Gasteiger partial charge < -0.3 is 29.7 Å². The fourth-order valence-electron chi connectivity index (χ4n) is 0. The number of nitriles is 3. The van der Waals surface area contributed by atoms with E-state index in [4.69, 9.17) is 45.5 Å². The van der Waals surface area contributed by atoms with Gasteiger partial charge in [-0.05, 0) is 0 Å². The number of carboxylic acids is 3. The predicted octanol–water partition coefficient (Wildman–Crippen LogP) is -14.2. The van der Waals surface area contributed by atoms with E-state index in [0.29, 0.717) is 0 Å². The Morgan fingerprint density at radius 1 is 0.611 bits per heavy atom. The van der Waals surface area contributed by atoms with Crippen molar-refractivity contribution in [2.75, 3.05) is 0 Å². The van der Waals surface area contributed by atoms with Crippen LogP contribution in [0.25, 0.3) is 0 Å². The van der Waals surface area contributed by atoms with Crippen molar-refractivity contribution in [3.63, 3.8) is 0 Å². The van der Waals surface area contributed by atoms with E-state index >= 15 is 0 Å². The first kappa shape index (κ1) is 36.0. The summed E-state index contributed by atoms with van der Waals surface area (Å²) in [4.78, 5) is 26.7. The quantitative estimate of drug-likeness (QED) is 0.287. The summed E-state index contributed by atoms with van der Waals surface area (Å²) in [5, 5.41) is 48.4. The fourth-order valence-corrected chi connectivity index (χ4v) is 0. The van der Waals surface area contributed by atoms with Crippen LogP contribution in [0.3, 0.4) is 0 Å². The molecule has 0 saturated carbocycles. The zero-order valence-electron chi connectivity index (χ0n) is 9.79. The van der Waals surface area contributed by atoms with Crippen molar-refractivity contribution in [1.82, 2.24) is 0 Å². The van der Waals surface area contributed by atoms with E-state index in [1.807, 2.05) is 0 Å². The van der Waals surface area contributed by atoms with Gasteiger partial charge >= 0.3 is 56.6 Å². The molecule has 0 N–H and O–H groups in total. The maximum atomic E-state index is 8.90. The minimum absolute atomic E-state index is 0. The number of nitrogens with zero attached hydrogens (tertiary/aromatic N) is 3. The van der Waals surface area contributed by atoms with Gasteiger partial charge in [0.25, 0.3) is 0 Å². The molecule has 0 aromatic rings. The van der Waals surface area contributed by atoms with Crippen molar-refractivity contribution in [2.45, 2.75) is 0 Å². The molecule has 0 fully saturated rings. The molecule has 0 atom stereocenters. The molecule has 18 heavy (non-hydrogen) atoms. The third-order valence-corrected chi connectivity index (χ3v) is 0.274. The summed E-state index contributed by atoms with van der Waals surface area (Å²) < 4.78 is 0. The van der Waals surface area contributed by atoms with E-state index in [-0.39, 0.29) is 56.6 Å². The summed E-state index contributed by atoms with van der Waals surface area (Å²) in [7, 11) is 0. The summed E-state index contributed by atoms with van der Waals surface area (Å²) in [6, 6.07) is 2.50. The second-order valence-corrected chi connectivity index (χ2v) is 1.20. The second kappa shape index (κ2) is 29.6. The van der Waals surface area contributed by atoms with Crippen molar-refractivity contribution in [2.24, 2.45) is 0 Å². The van der Waals surface area contributed by atoms with Gasteiger partial charge in [-0.2, -0.15) is 15.8 Å².